The Morgan fingerprint density at radius 2 is 2.00 bits per heavy atom. The Morgan fingerprint density at radius 3 is 2.56 bits per heavy atom. The lowest BCUT2D eigenvalue weighted by molar-refractivity contribution is -0.386. The molecular weight excluding hydrogens is 396 g/mol. The highest BCUT2D eigenvalue weighted by atomic mass is 32.2. The van der Waals surface area contributed by atoms with Crippen LogP contribution in [0, 0.1) is 10.1 Å². The number of thiocarbonyl (C=S) groups is 1. The van der Waals surface area contributed by atoms with Crippen LogP contribution in [0.15, 0.2) is 17.0 Å². The summed E-state index contributed by atoms with van der Waals surface area (Å²) in [6, 6.07) is 2.91. The number of carbonyl (C=O) groups is 2. The molecule has 1 fully saturated rings. The van der Waals surface area contributed by atoms with Crippen molar-refractivity contribution >= 4 is 51.9 Å². The third-order valence-corrected chi connectivity index (χ3v) is 5.06. The van der Waals surface area contributed by atoms with Gasteiger partial charge < -0.3 is 14.6 Å². The van der Waals surface area contributed by atoms with Crippen LogP contribution < -0.4 is 9.47 Å². The van der Waals surface area contributed by atoms with Crippen molar-refractivity contribution in [3.05, 3.63) is 32.7 Å². The van der Waals surface area contributed by atoms with Gasteiger partial charge in [-0.1, -0.05) is 24.0 Å². The number of carboxylic acids is 1. The summed E-state index contributed by atoms with van der Waals surface area (Å²) in [6.07, 6.45) is 1.50. The first-order chi connectivity index (χ1) is 12.8. The Kier molecular flexibility index (Phi) is 6.75. The third kappa shape index (κ3) is 4.55. The molecule has 0 saturated carbocycles. The van der Waals surface area contributed by atoms with E-state index in [0.29, 0.717) is 0 Å². The molecule has 0 spiro atoms. The molecule has 2 rings (SSSR count). The van der Waals surface area contributed by atoms with E-state index in [1.807, 2.05) is 0 Å². The fourth-order valence-electron chi connectivity index (χ4n) is 2.45. The molecule has 0 aliphatic carbocycles. The number of thioether (sulfide) groups is 1. The van der Waals surface area contributed by atoms with E-state index < -0.39 is 16.8 Å². The molecule has 1 amide bonds. The number of benzene rings is 1. The van der Waals surface area contributed by atoms with E-state index in [1.54, 1.807) is 0 Å². The van der Waals surface area contributed by atoms with Crippen molar-refractivity contribution in [1.82, 2.24) is 4.90 Å². The van der Waals surface area contributed by atoms with Gasteiger partial charge in [0.25, 0.3) is 5.91 Å². The average Bonchev–Trinajstić information content (AvgIpc) is 2.88. The Morgan fingerprint density at radius 1 is 1.37 bits per heavy atom. The first-order valence-electron chi connectivity index (χ1n) is 7.66. The van der Waals surface area contributed by atoms with Gasteiger partial charge in [0.2, 0.25) is 0 Å². The highest BCUT2D eigenvalue weighted by Crippen LogP contribution is 2.41. The van der Waals surface area contributed by atoms with E-state index in [0.717, 1.165) is 11.8 Å². The number of nitro groups is 1. The number of methoxy groups -OCH3 is 2. The Labute approximate surface area is 164 Å². The minimum absolute atomic E-state index is 0.0315. The molecule has 1 N–H and O–H groups in total. The van der Waals surface area contributed by atoms with Crippen LogP contribution in [0.25, 0.3) is 6.08 Å². The molecule has 144 valence electrons. The van der Waals surface area contributed by atoms with Crippen LogP contribution in [-0.2, 0) is 9.59 Å². The number of nitrogens with zero attached hydrogens (tertiary/aromatic N) is 2. The topological polar surface area (TPSA) is 119 Å². The van der Waals surface area contributed by atoms with Gasteiger partial charge in [0.15, 0.2) is 5.75 Å². The molecule has 0 radical (unpaired) electrons. The van der Waals surface area contributed by atoms with Gasteiger partial charge in [0.1, 0.15) is 10.1 Å². The van der Waals surface area contributed by atoms with Crippen molar-refractivity contribution in [3.8, 4) is 11.5 Å². The van der Waals surface area contributed by atoms with Gasteiger partial charge in [-0.2, -0.15) is 0 Å². The van der Waals surface area contributed by atoms with Crippen LogP contribution in [-0.4, -0.2) is 51.9 Å². The number of aliphatic carboxylic acids is 1. The maximum atomic E-state index is 12.6. The normalized spacial score (nSPS) is 15.3. The largest absolute Gasteiger partial charge is 0.496 e. The summed E-state index contributed by atoms with van der Waals surface area (Å²) >= 11 is 6.17. The molecule has 1 heterocycles. The second kappa shape index (κ2) is 8.82. The lowest BCUT2D eigenvalue weighted by atomic mass is 10.1. The number of hydrogen-bond donors (Lipinski definition) is 1. The molecule has 1 saturated heterocycles. The van der Waals surface area contributed by atoms with Crippen molar-refractivity contribution in [1.29, 1.82) is 0 Å². The summed E-state index contributed by atoms with van der Waals surface area (Å²) in [5, 5.41) is 20.2. The zero-order valence-electron chi connectivity index (χ0n) is 14.5. The maximum absolute atomic E-state index is 12.6. The van der Waals surface area contributed by atoms with Gasteiger partial charge in [-0.25, -0.2) is 0 Å². The van der Waals surface area contributed by atoms with Gasteiger partial charge in [-0.15, -0.1) is 0 Å². The van der Waals surface area contributed by atoms with Crippen LogP contribution >= 0.6 is 24.0 Å². The number of rotatable bonds is 8. The molecule has 1 aliphatic rings. The highest BCUT2D eigenvalue weighted by molar-refractivity contribution is 8.26. The molecular formula is C16H16N2O7S2. The fraction of sp³-hybridized carbons (Fsp3) is 0.312. The smallest absolute Gasteiger partial charge is 0.321 e. The quantitative estimate of drug-likeness (QED) is 0.297. The van der Waals surface area contributed by atoms with Crippen LogP contribution in [0.5, 0.6) is 11.5 Å². The second-order valence-electron chi connectivity index (χ2n) is 5.32. The number of nitro benzene ring substituents is 1. The zero-order valence-corrected chi connectivity index (χ0v) is 16.1. The Balaban J connectivity index is 2.41. The zero-order chi connectivity index (χ0) is 20.1. The van der Waals surface area contributed by atoms with Crippen LogP contribution in [0.1, 0.15) is 18.4 Å². The van der Waals surface area contributed by atoms with Gasteiger partial charge in [0.05, 0.1) is 29.6 Å². The van der Waals surface area contributed by atoms with E-state index in [2.05, 4.69) is 0 Å². The molecule has 1 aliphatic heterocycles. The molecule has 0 unspecified atom stereocenters. The lowest BCUT2D eigenvalue weighted by Crippen LogP contribution is -2.29. The molecule has 0 atom stereocenters. The van der Waals surface area contributed by atoms with E-state index >= 15 is 0 Å². The van der Waals surface area contributed by atoms with Gasteiger partial charge >= 0.3 is 11.7 Å². The Hall–Kier alpha value is -2.66. The van der Waals surface area contributed by atoms with Gasteiger partial charge in [0, 0.05) is 13.0 Å². The van der Waals surface area contributed by atoms with E-state index in [1.165, 1.54) is 37.3 Å². The number of carbonyl (C=O) groups excluding carboxylic acids is 1. The standard InChI is InChI=1S/C16H16N2O7S2/c1-24-10-5-6-11(25-2)14(18(22)23)9(10)8-12-15(21)17(16(26)27-12)7-3-4-13(19)20/h5-6,8H,3-4,7H2,1-2H3,(H,19,20). The maximum Gasteiger partial charge on any atom is 0.321 e. The molecule has 1 aromatic rings. The van der Waals surface area contributed by atoms with Crippen LogP contribution in [0.2, 0.25) is 0 Å². The minimum atomic E-state index is -0.965. The average molecular weight is 412 g/mol. The summed E-state index contributed by atoms with van der Waals surface area (Å²) in [4.78, 5) is 35.6. The van der Waals surface area contributed by atoms with Crippen LogP contribution in [0.3, 0.4) is 0 Å². The molecule has 0 bridgehead atoms. The number of carboxylic acid groups (broad SMARTS) is 1. The monoisotopic (exact) mass is 412 g/mol. The first kappa shape index (κ1) is 20.6. The molecule has 0 aromatic heterocycles. The second-order valence-corrected chi connectivity index (χ2v) is 7.00. The first-order valence-corrected chi connectivity index (χ1v) is 8.89. The summed E-state index contributed by atoms with van der Waals surface area (Å²) in [7, 11) is 2.67. The van der Waals surface area contributed by atoms with Crippen molar-refractivity contribution in [3.63, 3.8) is 0 Å². The van der Waals surface area contributed by atoms with Crippen molar-refractivity contribution in [2.24, 2.45) is 0 Å². The highest BCUT2D eigenvalue weighted by Gasteiger charge is 2.33. The summed E-state index contributed by atoms with van der Waals surface area (Å²) < 4.78 is 10.5. The summed E-state index contributed by atoms with van der Waals surface area (Å²) in [5.74, 6) is -1.16. The fourth-order valence-corrected chi connectivity index (χ4v) is 3.74. The number of hydrogen-bond acceptors (Lipinski definition) is 8. The third-order valence-electron chi connectivity index (χ3n) is 3.68. The molecule has 11 heteroatoms. The minimum Gasteiger partial charge on any atom is -0.496 e. The lowest BCUT2D eigenvalue weighted by Gasteiger charge is -2.13. The van der Waals surface area contributed by atoms with Crippen molar-refractivity contribution in [2.45, 2.75) is 12.8 Å². The Bertz CT molecular complexity index is 838. The molecule has 1 aromatic carbocycles. The number of ether oxygens (including phenoxy) is 2. The molecule has 9 nitrogen and oxygen atoms in total. The molecule has 27 heavy (non-hydrogen) atoms. The van der Waals surface area contributed by atoms with Crippen molar-refractivity contribution in [2.75, 3.05) is 20.8 Å². The van der Waals surface area contributed by atoms with Crippen LogP contribution in [0.4, 0.5) is 5.69 Å². The van der Waals surface area contributed by atoms with Gasteiger partial charge in [-0.05, 0) is 24.6 Å². The van der Waals surface area contributed by atoms with E-state index in [4.69, 9.17) is 26.8 Å². The predicted octanol–water partition coefficient (Wildman–Crippen LogP) is 2.68. The summed E-state index contributed by atoms with van der Waals surface area (Å²) in [6.45, 7) is 0.158. The van der Waals surface area contributed by atoms with Crippen molar-refractivity contribution < 1.29 is 29.1 Å². The summed E-state index contributed by atoms with van der Waals surface area (Å²) in [5.41, 5.74) is -0.235. The van der Waals surface area contributed by atoms with Gasteiger partial charge in [-0.3, -0.25) is 24.6 Å². The predicted molar refractivity (Wildman–Crippen MR) is 103 cm³/mol. The van der Waals surface area contributed by atoms with E-state index in [-0.39, 0.29) is 51.4 Å². The number of amides is 1. The van der Waals surface area contributed by atoms with E-state index in [9.17, 15) is 19.7 Å². The SMILES string of the molecule is COc1ccc(OC)c([N+](=O)[O-])c1C=C1SC(=S)N(CCCC(=O)O)C1=O.